The van der Waals surface area contributed by atoms with Gasteiger partial charge in [-0.15, -0.1) is 0 Å². The van der Waals surface area contributed by atoms with Crippen molar-refractivity contribution in [2.75, 3.05) is 19.8 Å². The number of benzene rings is 1. The molecule has 3 nitrogen and oxygen atoms in total. The van der Waals surface area contributed by atoms with Gasteiger partial charge in [-0.1, -0.05) is 28.8 Å². The first-order valence-electron chi connectivity index (χ1n) is 6.48. The van der Waals surface area contributed by atoms with Gasteiger partial charge in [0.25, 0.3) is 0 Å². The van der Waals surface area contributed by atoms with Crippen LogP contribution in [0.2, 0.25) is 0 Å². The fourth-order valence-electron chi connectivity index (χ4n) is 2.46. The Balaban J connectivity index is 1.71. The topological polar surface area (TPSA) is 41.5 Å². The molecular weight excluding hydrogens is 294 g/mol. The van der Waals surface area contributed by atoms with Crippen molar-refractivity contribution >= 4 is 15.9 Å². The van der Waals surface area contributed by atoms with E-state index < -0.39 is 0 Å². The number of aliphatic hydroxyl groups is 1. The molecule has 1 aromatic carbocycles. The molecule has 1 aliphatic carbocycles. The minimum absolute atomic E-state index is 0.0525. The van der Waals surface area contributed by atoms with Crippen LogP contribution in [0.4, 0.5) is 0 Å². The monoisotopic (exact) mass is 313 g/mol. The van der Waals surface area contributed by atoms with E-state index in [0.717, 1.165) is 29.6 Å². The Hall–Kier alpha value is -0.580. The van der Waals surface area contributed by atoms with Gasteiger partial charge in [0.2, 0.25) is 0 Å². The van der Waals surface area contributed by atoms with Crippen LogP contribution in [0.5, 0.6) is 5.75 Å². The van der Waals surface area contributed by atoms with E-state index in [1.165, 1.54) is 12.8 Å². The first kappa shape index (κ1) is 13.8. The van der Waals surface area contributed by atoms with E-state index in [-0.39, 0.29) is 12.1 Å². The molecule has 0 aromatic heterocycles. The molecule has 0 radical (unpaired) electrons. The molecule has 0 bridgehead atoms. The van der Waals surface area contributed by atoms with Crippen LogP contribution in [0.25, 0.3) is 0 Å². The second-order valence-corrected chi connectivity index (χ2v) is 5.79. The van der Waals surface area contributed by atoms with Crippen LogP contribution in [-0.2, 0) is 0 Å². The molecule has 0 spiro atoms. The van der Waals surface area contributed by atoms with Crippen molar-refractivity contribution in [2.24, 2.45) is 0 Å². The van der Waals surface area contributed by atoms with E-state index in [2.05, 4.69) is 21.2 Å². The fourth-order valence-corrected chi connectivity index (χ4v) is 2.72. The molecule has 1 aliphatic rings. The quantitative estimate of drug-likeness (QED) is 0.793. The third-order valence-corrected chi connectivity index (χ3v) is 4.08. The molecule has 0 saturated heterocycles. The Morgan fingerprint density at radius 3 is 2.50 bits per heavy atom. The SMILES string of the molecule is OCC1(NCCOc2ccc(Br)cc2)CCCC1. The van der Waals surface area contributed by atoms with Crippen molar-refractivity contribution in [3.63, 3.8) is 0 Å². The smallest absolute Gasteiger partial charge is 0.119 e. The van der Waals surface area contributed by atoms with Crippen molar-refractivity contribution in [3.05, 3.63) is 28.7 Å². The maximum Gasteiger partial charge on any atom is 0.119 e. The van der Waals surface area contributed by atoms with Gasteiger partial charge in [0.15, 0.2) is 0 Å². The molecule has 1 fully saturated rings. The molecule has 18 heavy (non-hydrogen) atoms. The molecule has 1 aromatic rings. The molecule has 0 amide bonds. The minimum atomic E-state index is -0.0525. The number of aliphatic hydroxyl groups excluding tert-OH is 1. The van der Waals surface area contributed by atoms with Crippen LogP contribution in [0.1, 0.15) is 25.7 Å². The summed E-state index contributed by atoms with van der Waals surface area (Å²) in [6.07, 6.45) is 4.56. The normalized spacial score (nSPS) is 17.9. The number of hydrogen-bond acceptors (Lipinski definition) is 3. The lowest BCUT2D eigenvalue weighted by Gasteiger charge is -2.28. The van der Waals surface area contributed by atoms with Gasteiger partial charge in [-0.3, -0.25) is 0 Å². The number of halogens is 1. The lowest BCUT2D eigenvalue weighted by atomic mass is 9.99. The van der Waals surface area contributed by atoms with Crippen LogP contribution >= 0.6 is 15.9 Å². The zero-order valence-corrected chi connectivity index (χ0v) is 12.1. The summed E-state index contributed by atoms with van der Waals surface area (Å²) in [6, 6.07) is 7.83. The van der Waals surface area contributed by atoms with Gasteiger partial charge in [-0.25, -0.2) is 0 Å². The lowest BCUT2D eigenvalue weighted by Crippen LogP contribution is -2.47. The fraction of sp³-hybridized carbons (Fsp3) is 0.571. The molecule has 0 aliphatic heterocycles. The third kappa shape index (κ3) is 3.70. The van der Waals surface area contributed by atoms with Crippen LogP contribution in [0.3, 0.4) is 0 Å². The summed E-state index contributed by atoms with van der Waals surface area (Å²) in [5.41, 5.74) is -0.0525. The zero-order chi connectivity index (χ0) is 12.8. The molecule has 100 valence electrons. The van der Waals surface area contributed by atoms with Crippen molar-refractivity contribution in [3.8, 4) is 5.75 Å². The first-order valence-corrected chi connectivity index (χ1v) is 7.28. The highest BCUT2D eigenvalue weighted by molar-refractivity contribution is 9.10. The largest absolute Gasteiger partial charge is 0.492 e. The molecule has 0 heterocycles. The summed E-state index contributed by atoms with van der Waals surface area (Å²) < 4.78 is 6.70. The van der Waals surface area contributed by atoms with Crippen LogP contribution in [0.15, 0.2) is 28.7 Å². The number of hydrogen-bond donors (Lipinski definition) is 2. The van der Waals surface area contributed by atoms with Crippen LogP contribution in [0, 0.1) is 0 Å². The van der Waals surface area contributed by atoms with Gasteiger partial charge in [0, 0.05) is 16.6 Å². The van der Waals surface area contributed by atoms with Gasteiger partial charge in [-0.2, -0.15) is 0 Å². The van der Waals surface area contributed by atoms with Crippen LogP contribution < -0.4 is 10.1 Å². The summed E-state index contributed by atoms with van der Waals surface area (Å²) >= 11 is 3.39. The minimum Gasteiger partial charge on any atom is -0.492 e. The van der Waals surface area contributed by atoms with E-state index >= 15 is 0 Å². The molecule has 1 saturated carbocycles. The first-order chi connectivity index (χ1) is 8.74. The molecule has 4 heteroatoms. The Morgan fingerprint density at radius 1 is 1.22 bits per heavy atom. The molecular formula is C14H20BrNO2. The average molecular weight is 314 g/mol. The van der Waals surface area contributed by atoms with Crippen molar-refractivity contribution in [1.29, 1.82) is 0 Å². The lowest BCUT2D eigenvalue weighted by molar-refractivity contribution is 0.157. The van der Waals surface area contributed by atoms with E-state index in [1.807, 2.05) is 24.3 Å². The highest BCUT2D eigenvalue weighted by Crippen LogP contribution is 2.28. The van der Waals surface area contributed by atoms with E-state index in [4.69, 9.17) is 4.74 Å². The average Bonchev–Trinajstić information content (AvgIpc) is 2.86. The van der Waals surface area contributed by atoms with Crippen LogP contribution in [-0.4, -0.2) is 30.4 Å². The predicted molar refractivity (Wildman–Crippen MR) is 75.9 cm³/mol. The summed E-state index contributed by atoms with van der Waals surface area (Å²) in [5.74, 6) is 0.879. The van der Waals surface area contributed by atoms with E-state index in [9.17, 15) is 5.11 Å². The van der Waals surface area contributed by atoms with Gasteiger partial charge in [-0.05, 0) is 37.1 Å². The van der Waals surface area contributed by atoms with Gasteiger partial charge in [0.05, 0.1) is 6.61 Å². The van der Waals surface area contributed by atoms with Gasteiger partial charge in [0.1, 0.15) is 12.4 Å². The van der Waals surface area contributed by atoms with E-state index in [0.29, 0.717) is 6.61 Å². The number of nitrogens with one attached hydrogen (secondary N) is 1. The Kier molecular flexibility index (Phi) is 5.03. The maximum absolute atomic E-state index is 9.45. The summed E-state index contributed by atoms with van der Waals surface area (Å²) in [5, 5.41) is 12.9. The summed E-state index contributed by atoms with van der Waals surface area (Å²) in [7, 11) is 0. The third-order valence-electron chi connectivity index (χ3n) is 3.55. The number of rotatable bonds is 6. The second-order valence-electron chi connectivity index (χ2n) is 4.87. The zero-order valence-electron chi connectivity index (χ0n) is 10.5. The van der Waals surface area contributed by atoms with Gasteiger partial charge < -0.3 is 15.2 Å². The molecule has 2 rings (SSSR count). The molecule has 0 atom stereocenters. The maximum atomic E-state index is 9.45. The highest BCUT2D eigenvalue weighted by atomic mass is 79.9. The van der Waals surface area contributed by atoms with Crippen molar-refractivity contribution in [1.82, 2.24) is 5.32 Å². The van der Waals surface area contributed by atoms with E-state index in [1.54, 1.807) is 0 Å². The Bertz CT molecular complexity index is 361. The molecule has 2 N–H and O–H groups in total. The van der Waals surface area contributed by atoms with Crippen molar-refractivity contribution < 1.29 is 9.84 Å². The Labute approximate surface area is 117 Å². The molecule has 0 unspecified atom stereocenters. The highest BCUT2D eigenvalue weighted by Gasteiger charge is 2.32. The Morgan fingerprint density at radius 2 is 1.89 bits per heavy atom. The van der Waals surface area contributed by atoms with Crippen molar-refractivity contribution in [2.45, 2.75) is 31.2 Å². The summed E-state index contributed by atoms with van der Waals surface area (Å²) in [6.45, 7) is 1.63. The second kappa shape index (κ2) is 6.55. The van der Waals surface area contributed by atoms with Gasteiger partial charge >= 0.3 is 0 Å². The predicted octanol–water partition coefficient (Wildman–Crippen LogP) is 2.72. The standard InChI is InChI=1S/C14H20BrNO2/c15-12-3-5-13(6-4-12)18-10-9-16-14(11-17)7-1-2-8-14/h3-6,16-17H,1-2,7-11H2. The summed E-state index contributed by atoms with van der Waals surface area (Å²) in [4.78, 5) is 0. The number of ether oxygens (including phenoxy) is 1.